The minimum absolute atomic E-state index is 0.0640. The smallest absolute Gasteiger partial charge is 0.271 e. The van der Waals surface area contributed by atoms with Crippen molar-refractivity contribution in [3.8, 4) is 0 Å². The summed E-state index contributed by atoms with van der Waals surface area (Å²) in [6.07, 6.45) is 2.40. The molecule has 1 atom stereocenters. The number of halogens is 3. The molecule has 0 radical (unpaired) electrons. The molecular formula is C19H15F3N4O. The predicted molar refractivity (Wildman–Crippen MR) is 94.0 cm³/mol. The van der Waals surface area contributed by atoms with E-state index in [1.54, 1.807) is 0 Å². The molecule has 138 valence electrons. The lowest BCUT2D eigenvalue weighted by atomic mass is 10.1. The summed E-state index contributed by atoms with van der Waals surface area (Å²) in [7, 11) is 0. The van der Waals surface area contributed by atoms with E-state index in [2.05, 4.69) is 20.6 Å². The Kier molecular flexibility index (Phi) is 5.35. The molecule has 0 bridgehead atoms. The maximum Gasteiger partial charge on any atom is 0.271 e. The molecule has 1 heterocycles. The minimum Gasteiger partial charge on any atom is -0.344 e. The number of nitrogens with one attached hydrogen (secondary N) is 2. The van der Waals surface area contributed by atoms with Crippen LogP contribution in [0.25, 0.3) is 0 Å². The first-order chi connectivity index (χ1) is 13.0. The molecule has 2 aromatic carbocycles. The van der Waals surface area contributed by atoms with Crippen molar-refractivity contribution < 1.29 is 18.0 Å². The van der Waals surface area contributed by atoms with Gasteiger partial charge in [0.2, 0.25) is 0 Å². The predicted octanol–water partition coefficient (Wildman–Crippen LogP) is 4.13. The van der Waals surface area contributed by atoms with Crippen molar-refractivity contribution in [3.05, 3.63) is 83.6 Å². The first kappa shape index (κ1) is 18.4. The Morgan fingerprint density at radius 1 is 0.963 bits per heavy atom. The number of carbonyl (C=O) groups excluding carboxylic acids is 1. The molecule has 1 unspecified atom stereocenters. The molecule has 5 nitrogen and oxygen atoms in total. The van der Waals surface area contributed by atoms with Crippen molar-refractivity contribution >= 4 is 17.4 Å². The Hall–Kier alpha value is -3.42. The first-order valence-corrected chi connectivity index (χ1v) is 8.04. The van der Waals surface area contributed by atoms with Gasteiger partial charge in [-0.2, -0.15) is 0 Å². The third-order valence-corrected chi connectivity index (χ3v) is 3.83. The highest BCUT2D eigenvalue weighted by Crippen LogP contribution is 2.22. The second-order valence-electron chi connectivity index (χ2n) is 5.74. The number of hydrogen-bond acceptors (Lipinski definition) is 4. The summed E-state index contributed by atoms with van der Waals surface area (Å²) in [5.74, 6) is -4.59. The van der Waals surface area contributed by atoms with Crippen LogP contribution < -0.4 is 10.6 Å². The van der Waals surface area contributed by atoms with Gasteiger partial charge in [-0.15, -0.1) is 0 Å². The summed E-state index contributed by atoms with van der Waals surface area (Å²) >= 11 is 0. The van der Waals surface area contributed by atoms with Gasteiger partial charge in [-0.3, -0.25) is 4.79 Å². The van der Waals surface area contributed by atoms with E-state index in [1.165, 1.54) is 12.4 Å². The van der Waals surface area contributed by atoms with Crippen LogP contribution in [-0.2, 0) is 0 Å². The average molecular weight is 372 g/mol. The van der Waals surface area contributed by atoms with Gasteiger partial charge in [-0.05, 0) is 24.6 Å². The van der Waals surface area contributed by atoms with Gasteiger partial charge in [-0.1, -0.05) is 30.3 Å². The summed E-state index contributed by atoms with van der Waals surface area (Å²) < 4.78 is 39.9. The van der Waals surface area contributed by atoms with E-state index in [-0.39, 0.29) is 23.2 Å². The summed E-state index contributed by atoms with van der Waals surface area (Å²) in [6.45, 7) is 1.84. The van der Waals surface area contributed by atoms with Crippen LogP contribution in [0.1, 0.15) is 29.0 Å². The Morgan fingerprint density at radius 3 is 2.37 bits per heavy atom. The highest BCUT2D eigenvalue weighted by atomic mass is 19.2. The quantitative estimate of drug-likeness (QED) is 0.661. The highest BCUT2D eigenvalue weighted by molar-refractivity contribution is 5.92. The molecular weight excluding hydrogens is 357 g/mol. The van der Waals surface area contributed by atoms with Crippen LogP contribution in [0.5, 0.6) is 0 Å². The van der Waals surface area contributed by atoms with Crippen LogP contribution >= 0.6 is 0 Å². The number of anilines is 2. The molecule has 0 aliphatic heterocycles. The van der Waals surface area contributed by atoms with E-state index in [4.69, 9.17) is 0 Å². The summed E-state index contributed by atoms with van der Waals surface area (Å²) in [5, 5.41) is 5.28. The zero-order chi connectivity index (χ0) is 19.4. The van der Waals surface area contributed by atoms with Gasteiger partial charge in [0.05, 0.1) is 24.1 Å². The number of hydrogen-bond donors (Lipinski definition) is 2. The van der Waals surface area contributed by atoms with Crippen LogP contribution in [0.15, 0.2) is 54.9 Å². The largest absolute Gasteiger partial charge is 0.344 e. The van der Waals surface area contributed by atoms with Gasteiger partial charge in [0.1, 0.15) is 11.5 Å². The van der Waals surface area contributed by atoms with Gasteiger partial charge in [-0.25, -0.2) is 23.1 Å². The molecule has 0 spiro atoms. The Morgan fingerprint density at radius 2 is 1.70 bits per heavy atom. The zero-order valence-electron chi connectivity index (χ0n) is 14.2. The van der Waals surface area contributed by atoms with Gasteiger partial charge in [0.15, 0.2) is 17.5 Å². The van der Waals surface area contributed by atoms with E-state index < -0.39 is 23.4 Å². The van der Waals surface area contributed by atoms with E-state index in [9.17, 15) is 18.0 Å². The second-order valence-corrected chi connectivity index (χ2v) is 5.74. The van der Waals surface area contributed by atoms with Crippen LogP contribution in [0.2, 0.25) is 0 Å². The lowest BCUT2D eigenvalue weighted by Crippen LogP contribution is -2.27. The molecule has 27 heavy (non-hydrogen) atoms. The number of benzene rings is 2. The Labute approximate surface area is 153 Å². The van der Waals surface area contributed by atoms with Crippen LogP contribution in [-0.4, -0.2) is 15.9 Å². The minimum atomic E-state index is -1.58. The van der Waals surface area contributed by atoms with Crippen molar-refractivity contribution in [2.45, 2.75) is 13.0 Å². The van der Waals surface area contributed by atoms with Crippen molar-refractivity contribution in [2.24, 2.45) is 0 Å². The van der Waals surface area contributed by atoms with Crippen LogP contribution in [0, 0.1) is 17.5 Å². The van der Waals surface area contributed by atoms with Crippen LogP contribution in [0.4, 0.5) is 24.7 Å². The normalized spacial score (nSPS) is 11.7. The summed E-state index contributed by atoms with van der Waals surface area (Å²) in [4.78, 5) is 20.2. The van der Waals surface area contributed by atoms with Crippen molar-refractivity contribution in [3.63, 3.8) is 0 Å². The number of nitrogens with zero attached hydrogens (tertiary/aromatic N) is 2. The van der Waals surface area contributed by atoms with Crippen molar-refractivity contribution in [1.29, 1.82) is 0 Å². The molecule has 0 fully saturated rings. The third-order valence-electron chi connectivity index (χ3n) is 3.83. The van der Waals surface area contributed by atoms with Gasteiger partial charge >= 0.3 is 0 Å². The second kappa shape index (κ2) is 7.86. The number of carbonyl (C=O) groups is 1. The fraction of sp³-hybridized carbons (Fsp3) is 0.105. The Bertz CT molecular complexity index is 949. The Balaban J connectivity index is 1.68. The maximum absolute atomic E-state index is 13.7. The SMILES string of the molecule is CC(NC(=O)c1cnc(Nc2ccc(F)c(F)c2F)cn1)c1ccccc1. The molecule has 3 rings (SSSR count). The maximum atomic E-state index is 13.7. The molecule has 3 aromatic rings. The van der Waals surface area contributed by atoms with Gasteiger partial charge in [0, 0.05) is 0 Å². The molecule has 0 aliphatic carbocycles. The molecule has 2 N–H and O–H groups in total. The topological polar surface area (TPSA) is 66.9 Å². The average Bonchev–Trinajstić information content (AvgIpc) is 2.69. The lowest BCUT2D eigenvalue weighted by Gasteiger charge is -2.14. The molecule has 1 aromatic heterocycles. The number of aromatic nitrogens is 2. The van der Waals surface area contributed by atoms with Gasteiger partial charge < -0.3 is 10.6 Å². The highest BCUT2D eigenvalue weighted by Gasteiger charge is 2.15. The van der Waals surface area contributed by atoms with E-state index >= 15 is 0 Å². The van der Waals surface area contributed by atoms with E-state index in [1.807, 2.05) is 37.3 Å². The van der Waals surface area contributed by atoms with Crippen molar-refractivity contribution in [2.75, 3.05) is 5.32 Å². The lowest BCUT2D eigenvalue weighted by molar-refractivity contribution is 0.0934. The zero-order valence-corrected chi connectivity index (χ0v) is 14.2. The van der Waals surface area contributed by atoms with Crippen LogP contribution in [0.3, 0.4) is 0 Å². The van der Waals surface area contributed by atoms with Crippen molar-refractivity contribution in [1.82, 2.24) is 15.3 Å². The van der Waals surface area contributed by atoms with E-state index in [0.29, 0.717) is 0 Å². The molecule has 8 heteroatoms. The van der Waals surface area contributed by atoms with E-state index in [0.717, 1.165) is 17.7 Å². The molecule has 1 amide bonds. The molecule has 0 aliphatic rings. The standard InChI is InChI=1S/C19H15F3N4O/c1-11(12-5-3-2-4-6-12)25-19(27)15-9-24-16(10-23-15)26-14-8-7-13(20)17(21)18(14)22/h2-11H,1H3,(H,24,26)(H,25,27). The monoisotopic (exact) mass is 372 g/mol. The summed E-state index contributed by atoms with van der Waals surface area (Å²) in [5.41, 5.74) is 0.707. The summed E-state index contributed by atoms with van der Waals surface area (Å²) in [6, 6.07) is 11.0. The third kappa shape index (κ3) is 4.22. The number of amides is 1. The molecule has 0 saturated carbocycles. The van der Waals surface area contributed by atoms with Gasteiger partial charge in [0.25, 0.3) is 5.91 Å². The fourth-order valence-electron chi connectivity index (χ4n) is 2.37. The molecule has 0 saturated heterocycles. The number of rotatable bonds is 5. The first-order valence-electron chi connectivity index (χ1n) is 8.04. The fourth-order valence-corrected chi connectivity index (χ4v) is 2.37.